The molecule has 0 fully saturated rings. The molecule has 7 heteroatoms. The molecule has 1 aliphatic carbocycles. The second-order valence-electron chi connectivity index (χ2n) is 9.58. The number of hydrogen-bond acceptors (Lipinski definition) is 4. The quantitative estimate of drug-likeness (QED) is 0.234. The Labute approximate surface area is 219 Å². The summed E-state index contributed by atoms with van der Waals surface area (Å²) in [5.74, 6) is 0.822. The van der Waals surface area contributed by atoms with E-state index in [2.05, 4.69) is 28.2 Å². The van der Waals surface area contributed by atoms with E-state index in [4.69, 9.17) is 9.41 Å². The minimum atomic E-state index is -0.119. The van der Waals surface area contributed by atoms with Crippen LogP contribution in [0, 0.1) is 6.92 Å². The van der Waals surface area contributed by atoms with Crippen LogP contribution in [0.1, 0.15) is 37.8 Å². The number of nitrogens with zero attached hydrogens (tertiary/aromatic N) is 4. The first kappa shape index (κ1) is 23.6. The van der Waals surface area contributed by atoms with E-state index >= 15 is 0 Å². The molecule has 37 heavy (non-hydrogen) atoms. The lowest BCUT2D eigenvalue weighted by molar-refractivity contribution is 0.595. The highest BCUT2D eigenvalue weighted by Gasteiger charge is 2.18. The van der Waals surface area contributed by atoms with Gasteiger partial charge in [-0.2, -0.15) is 0 Å². The van der Waals surface area contributed by atoms with E-state index in [-0.39, 0.29) is 5.56 Å². The molecule has 0 saturated carbocycles. The molecule has 5 aromatic rings. The number of allylic oxidation sites excluding steroid dienone is 2. The molecule has 0 atom stereocenters. The summed E-state index contributed by atoms with van der Waals surface area (Å²) in [5, 5.41) is 3.17. The fraction of sp³-hybridized carbons (Fsp3) is 0.267. The zero-order chi connectivity index (χ0) is 25.4. The van der Waals surface area contributed by atoms with Crippen molar-refractivity contribution in [3.8, 4) is 17.1 Å². The van der Waals surface area contributed by atoms with Gasteiger partial charge in [-0.1, -0.05) is 48.0 Å². The summed E-state index contributed by atoms with van der Waals surface area (Å²) >= 11 is 1.55. The Morgan fingerprint density at radius 3 is 2.65 bits per heavy atom. The third kappa shape index (κ3) is 4.44. The van der Waals surface area contributed by atoms with E-state index < -0.39 is 0 Å². The second-order valence-corrected chi connectivity index (χ2v) is 10.4. The number of furan rings is 1. The Morgan fingerprint density at radius 1 is 1.05 bits per heavy atom. The van der Waals surface area contributed by atoms with Gasteiger partial charge in [-0.15, -0.1) is 11.3 Å². The number of hydrogen-bond donors (Lipinski definition) is 0. The maximum atomic E-state index is 13.5. The fourth-order valence-corrected chi connectivity index (χ4v) is 6.03. The third-order valence-electron chi connectivity index (χ3n) is 7.25. The van der Waals surface area contributed by atoms with Crippen molar-refractivity contribution in [1.29, 1.82) is 0 Å². The van der Waals surface area contributed by atoms with Crippen molar-refractivity contribution in [1.82, 2.24) is 13.9 Å². The first-order valence-electron chi connectivity index (χ1n) is 12.8. The van der Waals surface area contributed by atoms with Gasteiger partial charge in [0.15, 0.2) is 16.2 Å². The summed E-state index contributed by atoms with van der Waals surface area (Å²) in [6.07, 6.45) is 8.24. The second kappa shape index (κ2) is 9.90. The van der Waals surface area contributed by atoms with Crippen LogP contribution in [0.4, 0.5) is 5.69 Å². The van der Waals surface area contributed by atoms with Gasteiger partial charge in [-0.3, -0.25) is 9.48 Å². The molecule has 0 radical (unpaired) electrons. The van der Waals surface area contributed by atoms with E-state index in [0.717, 1.165) is 58.0 Å². The van der Waals surface area contributed by atoms with Crippen molar-refractivity contribution in [2.75, 3.05) is 0 Å². The van der Waals surface area contributed by atoms with E-state index in [1.807, 2.05) is 67.2 Å². The highest BCUT2D eigenvalue weighted by Crippen LogP contribution is 2.29. The molecule has 0 aliphatic heterocycles. The van der Waals surface area contributed by atoms with Crippen molar-refractivity contribution >= 4 is 28.0 Å². The zero-order valence-electron chi connectivity index (χ0n) is 21.2. The van der Waals surface area contributed by atoms with E-state index in [0.29, 0.717) is 5.69 Å². The molecule has 6 nitrogen and oxygen atoms in total. The van der Waals surface area contributed by atoms with Crippen LogP contribution in [-0.2, 0) is 13.6 Å². The number of benzene rings is 2. The molecule has 0 amide bonds. The number of para-hydroxylation sites is 2. The monoisotopic (exact) mass is 510 g/mol. The zero-order valence-corrected chi connectivity index (χ0v) is 22.0. The number of rotatable bonds is 6. The normalized spacial score (nSPS) is 14.4. The lowest BCUT2D eigenvalue weighted by atomic mass is 9.97. The van der Waals surface area contributed by atoms with Gasteiger partial charge in [0.05, 0.1) is 17.1 Å². The van der Waals surface area contributed by atoms with Crippen LogP contribution in [0.3, 0.4) is 0 Å². The molecule has 3 heterocycles. The Kier molecular flexibility index (Phi) is 6.30. The number of aromatic nitrogens is 3. The van der Waals surface area contributed by atoms with Gasteiger partial charge in [-0.05, 0) is 63.3 Å². The maximum Gasteiger partial charge on any atom is 0.297 e. The maximum absolute atomic E-state index is 13.5. The Hall–Kier alpha value is -3.84. The molecule has 0 spiro atoms. The fourth-order valence-electron chi connectivity index (χ4n) is 5.11. The van der Waals surface area contributed by atoms with Crippen LogP contribution in [0.5, 0.6) is 0 Å². The van der Waals surface area contributed by atoms with Crippen molar-refractivity contribution in [2.24, 2.45) is 12.0 Å². The topological polar surface area (TPSA) is 57.4 Å². The van der Waals surface area contributed by atoms with Crippen LogP contribution in [0.2, 0.25) is 0 Å². The summed E-state index contributed by atoms with van der Waals surface area (Å²) in [5.41, 5.74) is 5.37. The highest BCUT2D eigenvalue weighted by atomic mass is 32.1. The smallest absolute Gasteiger partial charge is 0.297 e. The summed E-state index contributed by atoms with van der Waals surface area (Å²) in [7, 11) is 1.90. The molecule has 2 aromatic carbocycles. The lowest BCUT2D eigenvalue weighted by Gasteiger charge is -2.14. The SMILES string of the molecule is Cc1c(N=c2scc(-c3cc4ccccc4o3)n2CCC2=CCCCC2)c(=O)n(-c2ccccc2)n1C. The molecule has 188 valence electrons. The number of fused-ring (bicyclic) bond motifs is 1. The predicted octanol–water partition coefficient (Wildman–Crippen LogP) is 6.88. The van der Waals surface area contributed by atoms with Gasteiger partial charge >= 0.3 is 0 Å². The largest absolute Gasteiger partial charge is 0.454 e. The molecular weight excluding hydrogens is 480 g/mol. The Bertz CT molecular complexity index is 1690. The Balaban J connectivity index is 1.48. The summed E-state index contributed by atoms with van der Waals surface area (Å²) in [6, 6.07) is 19.9. The minimum absolute atomic E-state index is 0.119. The summed E-state index contributed by atoms with van der Waals surface area (Å²) in [6.45, 7) is 2.74. The van der Waals surface area contributed by atoms with Gasteiger partial charge in [-0.25, -0.2) is 9.67 Å². The summed E-state index contributed by atoms with van der Waals surface area (Å²) < 4.78 is 12.0. The van der Waals surface area contributed by atoms with E-state index in [9.17, 15) is 4.79 Å². The van der Waals surface area contributed by atoms with Gasteiger partial charge < -0.3 is 8.98 Å². The van der Waals surface area contributed by atoms with Crippen molar-refractivity contribution < 1.29 is 4.42 Å². The molecule has 0 N–H and O–H groups in total. The molecule has 3 aromatic heterocycles. The van der Waals surface area contributed by atoms with Crippen molar-refractivity contribution in [2.45, 2.75) is 45.6 Å². The van der Waals surface area contributed by atoms with Crippen LogP contribution in [0.15, 0.2) is 91.9 Å². The van der Waals surface area contributed by atoms with E-state index in [1.165, 1.54) is 24.8 Å². The lowest BCUT2D eigenvalue weighted by Crippen LogP contribution is -2.20. The molecular formula is C30H30N4O2S. The average Bonchev–Trinajstić information content (AvgIpc) is 3.60. The molecule has 6 rings (SSSR count). The van der Waals surface area contributed by atoms with Gasteiger partial charge in [0.2, 0.25) is 0 Å². The van der Waals surface area contributed by atoms with Crippen LogP contribution in [-0.4, -0.2) is 13.9 Å². The van der Waals surface area contributed by atoms with Crippen LogP contribution < -0.4 is 10.4 Å². The van der Waals surface area contributed by atoms with Gasteiger partial charge in [0, 0.05) is 24.4 Å². The molecule has 1 aliphatic rings. The molecule has 0 bridgehead atoms. The minimum Gasteiger partial charge on any atom is -0.454 e. The first-order valence-corrected chi connectivity index (χ1v) is 13.7. The van der Waals surface area contributed by atoms with Crippen molar-refractivity contribution in [3.05, 3.63) is 98.5 Å². The molecule has 0 saturated heterocycles. The van der Waals surface area contributed by atoms with E-state index in [1.54, 1.807) is 16.0 Å². The average molecular weight is 511 g/mol. The predicted molar refractivity (Wildman–Crippen MR) is 150 cm³/mol. The molecule has 0 unspecified atom stereocenters. The van der Waals surface area contributed by atoms with Crippen LogP contribution >= 0.6 is 11.3 Å². The van der Waals surface area contributed by atoms with Gasteiger partial charge in [0.1, 0.15) is 5.58 Å². The van der Waals surface area contributed by atoms with Crippen LogP contribution in [0.25, 0.3) is 28.1 Å². The Morgan fingerprint density at radius 2 is 1.86 bits per heavy atom. The first-order chi connectivity index (χ1) is 18.1. The third-order valence-corrected chi connectivity index (χ3v) is 8.11. The van der Waals surface area contributed by atoms with Gasteiger partial charge in [0.25, 0.3) is 5.56 Å². The van der Waals surface area contributed by atoms with Crippen molar-refractivity contribution in [3.63, 3.8) is 0 Å². The summed E-state index contributed by atoms with van der Waals surface area (Å²) in [4.78, 5) is 19.3. The highest BCUT2D eigenvalue weighted by molar-refractivity contribution is 7.07. The number of thiazole rings is 1. The standard InChI is InChI=1S/C30H30N4O2S/c1-21-28(29(35)34(32(21)2)24-14-7-4-8-15-24)31-30-33(18-17-22-11-5-3-6-12-22)25(20-37-30)27-19-23-13-9-10-16-26(23)36-27/h4,7-11,13-16,19-20H,3,5-6,12,17-18H2,1-2H3.